The van der Waals surface area contributed by atoms with Gasteiger partial charge in [-0.05, 0) is 64.0 Å². The molecule has 0 unspecified atom stereocenters. The van der Waals surface area contributed by atoms with Crippen molar-refractivity contribution < 1.29 is 14.3 Å². The second kappa shape index (κ2) is 10.5. The van der Waals surface area contributed by atoms with E-state index < -0.39 is 5.91 Å². The zero-order valence-corrected chi connectivity index (χ0v) is 20.9. The van der Waals surface area contributed by atoms with Crippen LogP contribution in [-0.2, 0) is 4.79 Å². The van der Waals surface area contributed by atoms with Gasteiger partial charge in [-0.3, -0.25) is 4.79 Å². The van der Waals surface area contributed by atoms with Crippen molar-refractivity contribution in [3.63, 3.8) is 0 Å². The van der Waals surface area contributed by atoms with Crippen molar-refractivity contribution in [1.82, 2.24) is 0 Å². The molecular weight excluding hydrogens is 426 g/mol. The fourth-order valence-corrected chi connectivity index (χ4v) is 4.38. The molecule has 0 fully saturated rings. The summed E-state index contributed by atoms with van der Waals surface area (Å²) in [5.74, 6) is 0.780. The minimum absolute atomic E-state index is 0.0109. The van der Waals surface area contributed by atoms with Crippen LogP contribution in [0.3, 0.4) is 0 Å². The van der Waals surface area contributed by atoms with Crippen molar-refractivity contribution in [2.45, 2.75) is 46.6 Å². The molecule has 0 bridgehead atoms. The van der Waals surface area contributed by atoms with Crippen LogP contribution in [0.4, 0.5) is 11.4 Å². The highest BCUT2D eigenvalue weighted by Gasteiger charge is 2.31. The van der Waals surface area contributed by atoms with Gasteiger partial charge in [0.2, 0.25) is 0 Å². The van der Waals surface area contributed by atoms with Gasteiger partial charge in [-0.2, -0.15) is 5.26 Å². The maximum atomic E-state index is 12.9. The number of methoxy groups -OCH3 is 1. The van der Waals surface area contributed by atoms with Crippen molar-refractivity contribution in [2.75, 3.05) is 30.5 Å². The van der Waals surface area contributed by atoms with E-state index >= 15 is 0 Å². The first-order chi connectivity index (χ1) is 16.2. The third-order valence-electron chi connectivity index (χ3n) is 5.84. The molecule has 3 rings (SSSR count). The van der Waals surface area contributed by atoms with Gasteiger partial charge in [0.15, 0.2) is 0 Å². The van der Waals surface area contributed by atoms with Gasteiger partial charge in [-0.25, -0.2) is 0 Å². The predicted molar refractivity (Wildman–Crippen MR) is 138 cm³/mol. The van der Waals surface area contributed by atoms with E-state index in [0.717, 1.165) is 29.8 Å². The van der Waals surface area contributed by atoms with Crippen LogP contribution < -0.4 is 19.7 Å². The number of hydrogen-bond donors (Lipinski definition) is 1. The van der Waals surface area contributed by atoms with Gasteiger partial charge >= 0.3 is 0 Å². The van der Waals surface area contributed by atoms with Crippen LogP contribution in [0.1, 0.15) is 52.2 Å². The van der Waals surface area contributed by atoms with E-state index in [2.05, 4.69) is 44.0 Å². The molecule has 0 atom stereocenters. The van der Waals surface area contributed by atoms with Crippen LogP contribution in [0.25, 0.3) is 11.6 Å². The van der Waals surface area contributed by atoms with E-state index in [1.54, 1.807) is 31.4 Å². The van der Waals surface area contributed by atoms with E-state index in [9.17, 15) is 10.1 Å². The average Bonchev–Trinajstić information content (AvgIpc) is 2.80. The lowest BCUT2D eigenvalue weighted by Crippen LogP contribution is -2.45. The lowest BCUT2D eigenvalue weighted by Gasteiger charge is -2.43. The maximum absolute atomic E-state index is 12.9. The van der Waals surface area contributed by atoms with E-state index in [-0.39, 0.29) is 11.1 Å². The summed E-state index contributed by atoms with van der Waals surface area (Å²) in [6, 6.07) is 13.1. The van der Waals surface area contributed by atoms with Crippen molar-refractivity contribution in [3.05, 3.63) is 59.2 Å². The van der Waals surface area contributed by atoms with E-state index in [1.807, 2.05) is 31.2 Å². The van der Waals surface area contributed by atoms with Gasteiger partial charge in [0, 0.05) is 41.2 Å². The molecule has 1 aliphatic rings. The molecule has 0 radical (unpaired) electrons. The Labute approximate surface area is 202 Å². The van der Waals surface area contributed by atoms with Crippen molar-refractivity contribution in [1.29, 1.82) is 5.26 Å². The number of anilines is 2. The number of nitriles is 1. The van der Waals surface area contributed by atoms with Crippen LogP contribution in [0.5, 0.6) is 11.5 Å². The summed E-state index contributed by atoms with van der Waals surface area (Å²) in [6.45, 7) is 12.0. The summed E-state index contributed by atoms with van der Waals surface area (Å²) < 4.78 is 11.2. The molecule has 178 valence electrons. The molecule has 1 aliphatic heterocycles. The quantitative estimate of drug-likeness (QED) is 0.384. The Morgan fingerprint density at radius 1 is 1.24 bits per heavy atom. The SMILES string of the molecule is CCCN1c2cc(OC)c(/C=C(\C#N)C(=O)Nc3cccc(OCC)c3)cc2C(C)=CC1(C)C. The topological polar surface area (TPSA) is 74.6 Å². The first-order valence-electron chi connectivity index (χ1n) is 11.6. The fraction of sp³-hybridized carbons (Fsp3) is 0.357. The van der Waals surface area contributed by atoms with Gasteiger partial charge in [0.05, 0.1) is 19.3 Å². The van der Waals surface area contributed by atoms with Crippen LogP contribution in [-0.4, -0.2) is 31.7 Å². The molecule has 2 aromatic rings. The van der Waals surface area contributed by atoms with Gasteiger partial charge in [-0.15, -0.1) is 0 Å². The van der Waals surface area contributed by atoms with E-state index in [4.69, 9.17) is 9.47 Å². The molecule has 1 heterocycles. The van der Waals surface area contributed by atoms with E-state index in [0.29, 0.717) is 29.4 Å². The molecule has 0 aromatic heterocycles. The summed E-state index contributed by atoms with van der Waals surface area (Å²) in [7, 11) is 1.60. The number of nitrogens with one attached hydrogen (secondary N) is 1. The van der Waals surface area contributed by atoms with Gasteiger partial charge in [-0.1, -0.05) is 19.1 Å². The van der Waals surface area contributed by atoms with Crippen LogP contribution in [0.2, 0.25) is 0 Å². The number of rotatable bonds is 8. The number of hydrogen-bond acceptors (Lipinski definition) is 5. The van der Waals surface area contributed by atoms with Gasteiger partial charge in [0.25, 0.3) is 5.91 Å². The first-order valence-corrected chi connectivity index (χ1v) is 11.6. The number of carbonyl (C=O) groups is 1. The number of allylic oxidation sites excluding steroid dienone is 1. The largest absolute Gasteiger partial charge is 0.496 e. The molecule has 0 saturated carbocycles. The minimum Gasteiger partial charge on any atom is -0.496 e. The Hall–Kier alpha value is -3.72. The summed E-state index contributed by atoms with van der Waals surface area (Å²) in [4.78, 5) is 15.3. The molecule has 34 heavy (non-hydrogen) atoms. The summed E-state index contributed by atoms with van der Waals surface area (Å²) in [5.41, 5.74) is 4.43. The van der Waals surface area contributed by atoms with Crippen molar-refractivity contribution in [3.8, 4) is 17.6 Å². The lowest BCUT2D eigenvalue weighted by atomic mass is 9.87. The maximum Gasteiger partial charge on any atom is 0.266 e. The van der Waals surface area contributed by atoms with Crippen LogP contribution >= 0.6 is 0 Å². The minimum atomic E-state index is -0.489. The second-order valence-electron chi connectivity index (χ2n) is 8.83. The van der Waals surface area contributed by atoms with Crippen molar-refractivity contribution in [2.24, 2.45) is 0 Å². The summed E-state index contributed by atoms with van der Waals surface area (Å²) in [5, 5.41) is 12.5. The molecular formula is C28H33N3O3. The third kappa shape index (κ3) is 5.26. The molecule has 0 saturated heterocycles. The Balaban J connectivity index is 1.99. The van der Waals surface area contributed by atoms with Crippen molar-refractivity contribution >= 4 is 28.9 Å². The third-order valence-corrected chi connectivity index (χ3v) is 5.84. The Morgan fingerprint density at radius 3 is 2.65 bits per heavy atom. The Morgan fingerprint density at radius 2 is 2.00 bits per heavy atom. The standard InChI is InChI=1S/C28H33N3O3/c1-7-12-31-25-16-26(33-6)20(14-24(25)19(3)17-28(31,4)5)13-21(18-29)27(32)30-22-10-9-11-23(15-22)34-8-2/h9-11,13-17H,7-8,12H2,1-6H3,(H,30,32)/b21-13+. The zero-order valence-electron chi connectivity index (χ0n) is 20.9. The van der Waals surface area contributed by atoms with Gasteiger partial charge < -0.3 is 19.7 Å². The number of carbonyl (C=O) groups excluding carboxylic acids is 1. The first kappa shape index (κ1) is 24.9. The van der Waals surface area contributed by atoms with Crippen LogP contribution in [0, 0.1) is 11.3 Å². The predicted octanol–water partition coefficient (Wildman–Crippen LogP) is 6.05. The fourth-order valence-electron chi connectivity index (χ4n) is 4.38. The summed E-state index contributed by atoms with van der Waals surface area (Å²) >= 11 is 0. The smallest absolute Gasteiger partial charge is 0.266 e. The molecule has 1 amide bonds. The molecule has 2 aromatic carbocycles. The van der Waals surface area contributed by atoms with Gasteiger partial charge in [0.1, 0.15) is 23.1 Å². The number of amides is 1. The Bertz CT molecular complexity index is 1170. The molecule has 6 nitrogen and oxygen atoms in total. The number of benzene rings is 2. The monoisotopic (exact) mass is 459 g/mol. The normalized spacial score (nSPS) is 14.6. The Kier molecular flexibility index (Phi) is 7.68. The molecule has 6 heteroatoms. The van der Waals surface area contributed by atoms with Crippen LogP contribution in [0.15, 0.2) is 48.0 Å². The summed E-state index contributed by atoms with van der Waals surface area (Å²) in [6.07, 6.45) is 4.86. The number of nitrogens with zero attached hydrogens (tertiary/aromatic N) is 2. The molecule has 0 spiro atoms. The number of ether oxygens (including phenoxy) is 2. The number of fused-ring (bicyclic) bond motifs is 1. The second-order valence-corrected chi connectivity index (χ2v) is 8.83. The molecule has 0 aliphatic carbocycles. The average molecular weight is 460 g/mol. The highest BCUT2D eigenvalue weighted by molar-refractivity contribution is 6.10. The molecule has 1 N–H and O–H groups in total. The lowest BCUT2D eigenvalue weighted by molar-refractivity contribution is -0.112. The van der Waals surface area contributed by atoms with E-state index in [1.165, 1.54) is 0 Å². The zero-order chi connectivity index (χ0) is 24.9. The highest BCUT2D eigenvalue weighted by Crippen LogP contribution is 2.42. The highest BCUT2D eigenvalue weighted by atomic mass is 16.5.